The van der Waals surface area contributed by atoms with Gasteiger partial charge in [-0.1, -0.05) is 74.5 Å². The first-order valence-corrected chi connectivity index (χ1v) is 11.9. The summed E-state index contributed by atoms with van der Waals surface area (Å²) in [6.45, 7) is 4.57. The van der Waals surface area contributed by atoms with Gasteiger partial charge in [-0.05, 0) is 23.5 Å². The molecule has 1 heterocycles. The summed E-state index contributed by atoms with van der Waals surface area (Å²) in [5, 5.41) is 2.47. The van der Waals surface area contributed by atoms with Crippen molar-refractivity contribution in [3.8, 4) is 0 Å². The fourth-order valence-electron chi connectivity index (χ4n) is 3.56. The number of rotatable bonds is 9. The van der Waals surface area contributed by atoms with Crippen LogP contribution in [0.15, 0.2) is 60.7 Å². The van der Waals surface area contributed by atoms with Crippen molar-refractivity contribution in [2.24, 2.45) is 5.92 Å². The monoisotopic (exact) mass is 454 g/mol. The number of amides is 2. The summed E-state index contributed by atoms with van der Waals surface area (Å²) >= 11 is 1.56. The van der Waals surface area contributed by atoms with E-state index in [4.69, 9.17) is 4.74 Å². The molecule has 7 heteroatoms. The second kappa shape index (κ2) is 11.7. The van der Waals surface area contributed by atoms with Gasteiger partial charge in [-0.2, -0.15) is 0 Å². The third kappa shape index (κ3) is 7.12. The molecule has 2 amide bonds. The van der Waals surface area contributed by atoms with E-state index < -0.39 is 12.1 Å². The van der Waals surface area contributed by atoms with E-state index in [9.17, 15) is 14.4 Å². The Balaban J connectivity index is 1.55. The second-order valence-electron chi connectivity index (χ2n) is 8.36. The minimum absolute atomic E-state index is 0.0502. The van der Waals surface area contributed by atoms with Crippen LogP contribution in [-0.4, -0.2) is 47.1 Å². The van der Waals surface area contributed by atoms with Gasteiger partial charge in [0.1, 0.15) is 12.6 Å². The van der Waals surface area contributed by atoms with Crippen LogP contribution in [0.3, 0.4) is 0 Å². The highest BCUT2D eigenvalue weighted by atomic mass is 32.2. The van der Waals surface area contributed by atoms with Crippen LogP contribution < -0.4 is 5.32 Å². The van der Waals surface area contributed by atoms with Crippen LogP contribution in [0.1, 0.15) is 31.4 Å². The molecule has 1 aliphatic heterocycles. The van der Waals surface area contributed by atoms with Crippen LogP contribution in [0.5, 0.6) is 0 Å². The smallest absolute Gasteiger partial charge is 0.408 e. The lowest BCUT2D eigenvalue weighted by molar-refractivity contribution is -0.134. The third-order valence-corrected chi connectivity index (χ3v) is 6.52. The summed E-state index contributed by atoms with van der Waals surface area (Å²) in [6, 6.07) is 18.6. The maximum Gasteiger partial charge on any atom is 0.408 e. The van der Waals surface area contributed by atoms with Gasteiger partial charge in [0.2, 0.25) is 5.91 Å². The highest BCUT2D eigenvalue weighted by Crippen LogP contribution is 2.25. The number of nitrogens with one attached hydrogen (secondary N) is 1. The van der Waals surface area contributed by atoms with Gasteiger partial charge in [0.25, 0.3) is 0 Å². The van der Waals surface area contributed by atoms with E-state index in [-0.39, 0.29) is 36.0 Å². The Morgan fingerprint density at radius 3 is 2.31 bits per heavy atom. The van der Waals surface area contributed by atoms with Crippen molar-refractivity contribution in [3.05, 3.63) is 71.8 Å². The summed E-state index contributed by atoms with van der Waals surface area (Å²) in [4.78, 5) is 39.6. The first kappa shape index (κ1) is 23.9. The maximum atomic E-state index is 13.2. The summed E-state index contributed by atoms with van der Waals surface area (Å²) in [7, 11) is 0. The Morgan fingerprint density at radius 1 is 1.06 bits per heavy atom. The zero-order valence-corrected chi connectivity index (χ0v) is 19.3. The fourth-order valence-corrected chi connectivity index (χ4v) is 4.69. The zero-order valence-electron chi connectivity index (χ0n) is 18.5. The SMILES string of the molecule is CC(C)C[C@H](NC(=O)OCc1ccccc1)C(=O)N1CC(=O)C(SCc2ccccc2)C1. The van der Waals surface area contributed by atoms with Crippen LogP contribution in [0.4, 0.5) is 4.79 Å². The van der Waals surface area contributed by atoms with Crippen molar-refractivity contribution in [1.82, 2.24) is 10.2 Å². The molecule has 1 unspecified atom stereocenters. The molecular weight excluding hydrogens is 424 g/mol. The number of carbonyl (C=O) groups excluding carboxylic acids is 3. The topological polar surface area (TPSA) is 75.7 Å². The molecule has 2 atom stereocenters. The van der Waals surface area contributed by atoms with Crippen LogP contribution >= 0.6 is 11.8 Å². The molecule has 1 saturated heterocycles. The number of hydrogen-bond acceptors (Lipinski definition) is 5. The Kier molecular flexibility index (Phi) is 8.73. The quantitative estimate of drug-likeness (QED) is 0.619. The molecule has 0 aromatic heterocycles. The Labute approximate surface area is 193 Å². The molecule has 32 heavy (non-hydrogen) atoms. The molecule has 1 fully saturated rings. The van der Waals surface area contributed by atoms with Crippen molar-refractivity contribution >= 4 is 29.5 Å². The molecule has 0 bridgehead atoms. The Bertz CT molecular complexity index is 905. The van der Waals surface area contributed by atoms with E-state index in [1.807, 2.05) is 74.5 Å². The number of Topliss-reactive ketones (excluding diaryl/α,β-unsaturated/α-hetero) is 1. The van der Waals surface area contributed by atoms with Crippen LogP contribution in [0, 0.1) is 5.92 Å². The van der Waals surface area contributed by atoms with E-state index in [0.29, 0.717) is 13.0 Å². The number of ketones is 1. The van der Waals surface area contributed by atoms with Gasteiger partial charge in [-0.25, -0.2) is 4.79 Å². The standard InChI is InChI=1S/C25H30N2O4S/c1-18(2)13-21(26-25(30)31-16-19-9-5-3-6-10-19)24(29)27-14-22(28)23(15-27)32-17-20-11-7-4-8-12-20/h3-12,18,21,23H,13-17H2,1-2H3,(H,26,30)/t21-,23?/m0/s1. The predicted octanol–water partition coefficient (Wildman–Crippen LogP) is 4.04. The summed E-state index contributed by atoms with van der Waals surface area (Å²) in [5.41, 5.74) is 2.02. The lowest BCUT2D eigenvalue weighted by Gasteiger charge is -2.25. The average Bonchev–Trinajstić information content (AvgIpc) is 3.17. The molecule has 2 aromatic rings. The largest absolute Gasteiger partial charge is 0.445 e. The number of thioether (sulfide) groups is 1. The number of ether oxygens (including phenoxy) is 1. The van der Waals surface area contributed by atoms with Gasteiger partial charge < -0.3 is 15.0 Å². The summed E-state index contributed by atoms with van der Waals surface area (Å²) in [5.74, 6) is 0.736. The normalized spacial score (nSPS) is 16.8. The van der Waals surface area contributed by atoms with E-state index in [1.54, 1.807) is 16.7 Å². The molecule has 1 aliphatic rings. The molecular formula is C25H30N2O4S. The van der Waals surface area contributed by atoms with Gasteiger partial charge in [-0.3, -0.25) is 9.59 Å². The first-order valence-electron chi connectivity index (χ1n) is 10.9. The molecule has 0 spiro atoms. The number of alkyl carbamates (subject to hydrolysis) is 1. The molecule has 0 radical (unpaired) electrons. The van der Waals surface area contributed by atoms with Gasteiger partial charge in [0, 0.05) is 12.3 Å². The molecule has 170 valence electrons. The van der Waals surface area contributed by atoms with Gasteiger partial charge >= 0.3 is 6.09 Å². The van der Waals surface area contributed by atoms with E-state index in [1.165, 1.54) is 0 Å². The molecule has 1 N–H and O–H groups in total. The van der Waals surface area contributed by atoms with Gasteiger partial charge in [-0.15, -0.1) is 11.8 Å². The van der Waals surface area contributed by atoms with Crippen LogP contribution in [0.25, 0.3) is 0 Å². The minimum atomic E-state index is -0.719. The lowest BCUT2D eigenvalue weighted by Crippen LogP contribution is -2.48. The van der Waals surface area contributed by atoms with Gasteiger partial charge in [0.15, 0.2) is 5.78 Å². The van der Waals surface area contributed by atoms with E-state index >= 15 is 0 Å². The summed E-state index contributed by atoms with van der Waals surface area (Å²) in [6.07, 6.45) is -0.153. The van der Waals surface area contributed by atoms with Crippen LogP contribution in [-0.2, 0) is 26.7 Å². The Morgan fingerprint density at radius 2 is 1.69 bits per heavy atom. The van der Waals surface area contributed by atoms with Gasteiger partial charge in [0.05, 0.1) is 11.8 Å². The average molecular weight is 455 g/mol. The fraction of sp³-hybridized carbons (Fsp3) is 0.400. The molecule has 2 aromatic carbocycles. The lowest BCUT2D eigenvalue weighted by atomic mass is 10.0. The highest BCUT2D eigenvalue weighted by Gasteiger charge is 2.37. The maximum absolute atomic E-state index is 13.2. The van der Waals surface area contributed by atoms with E-state index in [2.05, 4.69) is 5.32 Å². The molecule has 6 nitrogen and oxygen atoms in total. The van der Waals surface area contributed by atoms with Crippen LogP contribution in [0.2, 0.25) is 0 Å². The Hall–Kier alpha value is -2.80. The number of carbonyl (C=O) groups is 3. The molecule has 0 saturated carbocycles. The van der Waals surface area contributed by atoms with Crippen molar-refractivity contribution in [2.45, 2.75) is 43.9 Å². The number of hydrogen-bond donors (Lipinski definition) is 1. The molecule has 3 rings (SSSR count). The second-order valence-corrected chi connectivity index (χ2v) is 9.55. The van der Waals surface area contributed by atoms with Crippen molar-refractivity contribution in [3.63, 3.8) is 0 Å². The van der Waals surface area contributed by atoms with E-state index in [0.717, 1.165) is 16.9 Å². The number of benzene rings is 2. The first-order chi connectivity index (χ1) is 15.4. The summed E-state index contributed by atoms with van der Waals surface area (Å²) < 4.78 is 5.29. The van der Waals surface area contributed by atoms with Crippen molar-refractivity contribution in [2.75, 3.05) is 13.1 Å². The van der Waals surface area contributed by atoms with Crippen molar-refractivity contribution < 1.29 is 19.1 Å². The number of nitrogens with zero attached hydrogens (tertiary/aromatic N) is 1. The molecule has 0 aliphatic carbocycles. The third-order valence-electron chi connectivity index (χ3n) is 5.21. The number of likely N-dealkylation sites (tertiary alicyclic amines) is 1. The highest BCUT2D eigenvalue weighted by molar-refractivity contribution is 7.99. The predicted molar refractivity (Wildman–Crippen MR) is 126 cm³/mol. The zero-order chi connectivity index (χ0) is 22.9. The minimum Gasteiger partial charge on any atom is -0.445 e. The van der Waals surface area contributed by atoms with Crippen molar-refractivity contribution in [1.29, 1.82) is 0 Å².